The van der Waals surface area contributed by atoms with Crippen molar-refractivity contribution in [3.63, 3.8) is 0 Å². The van der Waals surface area contributed by atoms with E-state index in [1.807, 2.05) is 18.7 Å². The molecule has 3 rings (SSSR count). The zero-order valence-electron chi connectivity index (χ0n) is 13.7. The molecule has 0 saturated carbocycles. The molecule has 0 aromatic carbocycles. The molecule has 124 valence electrons. The molecule has 2 aromatic rings. The van der Waals surface area contributed by atoms with E-state index in [1.54, 1.807) is 11.3 Å². The number of nitrogens with zero attached hydrogens (tertiary/aromatic N) is 3. The zero-order valence-corrected chi connectivity index (χ0v) is 14.6. The second kappa shape index (κ2) is 7.27. The molecule has 23 heavy (non-hydrogen) atoms. The van der Waals surface area contributed by atoms with Crippen LogP contribution in [0.15, 0.2) is 21.2 Å². The fourth-order valence-corrected chi connectivity index (χ4v) is 3.58. The van der Waals surface area contributed by atoms with Gasteiger partial charge in [0.05, 0.1) is 5.69 Å². The lowest BCUT2D eigenvalue weighted by molar-refractivity contribution is 0.0726. The van der Waals surface area contributed by atoms with E-state index in [0.717, 1.165) is 39.1 Å². The van der Waals surface area contributed by atoms with Gasteiger partial charge in [-0.15, -0.1) is 0 Å². The number of rotatable bonds is 4. The Hall–Kier alpha value is -1.66. The van der Waals surface area contributed by atoms with E-state index in [-0.39, 0.29) is 5.91 Å². The molecular weight excluding hydrogens is 310 g/mol. The van der Waals surface area contributed by atoms with E-state index in [2.05, 4.69) is 26.7 Å². The second-order valence-corrected chi connectivity index (χ2v) is 6.71. The van der Waals surface area contributed by atoms with Gasteiger partial charge in [0.15, 0.2) is 5.89 Å². The third-order valence-corrected chi connectivity index (χ3v) is 4.93. The fourth-order valence-electron chi connectivity index (χ4n) is 2.92. The van der Waals surface area contributed by atoms with Crippen molar-refractivity contribution in [3.8, 4) is 0 Å². The van der Waals surface area contributed by atoms with Crippen LogP contribution in [0.5, 0.6) is 0 Å². The number of aryl methyl sites for hydroxylation is 2. The summed E-state index contributed by atoms with van der Waals surface area (Å²) in [7, 11) is 0. The van der Waals surface area contributed by atoms with Crippen LogP contribution < -0.4 is 0 Å². The van der Waals surface area contributed by atoms with Gasteiger partial charge in [-0.25, -0.2) is 4.98 Å². The van der Waals surface area contributed by atoms with Crippen LogP contribution in [0.1, 0.15) is 41.0 Å². The Morgan fingerprint density at radius 2 is 2.22 bits per heavy atom. The van der Waals surface area contributed by atoms with Crippen molar-refractivity contribution in [3.05, 3.63) is 39.7 Å². The second-order valence-electron chi connectivity index (χ2n) is 5.93. The first-order valence-electron chi connectivity index (χ1n) is 8.16. The lowest BCUT2D eigenvalue weighted by atomic mass is 10.3. The lowest BCUT2D eigenvalue weighted by Crippen LogP contribution is -2.35. The first-order valence-corrected chi connectivity index (χ1v) is 9.10. The van der Waals surface area contributed by atoms with Gasteiger partial charge in [0, 0.05) is 39.1 Å². The number of thiophene rings is 1. The Morgan fingerprint density at radius 3 is 2.91 bits per heavy atom. The van der Waals surface area contributed by atoms with E-state index >= 15 is 0 Å². The van der Waals surface area contributed by atoms with E-state index in [1.165, 1.54) is 5.56 Å². The van der Waals surface area contributed by atoms with Gasteiger partial charge in [-0.05, 0) is 35.7 Å². The Labute approximate surface area is 140 Å². The molecule has 1 fully saturated rings. The molecule has 1 amide bonds. The number of aromatic nitrogens is 1. The standard InChI is InChI=1S/C17H23N3O2S/c1-3-15-18-13(2)16(22-15)17(21)20-7-4-6-19(8-9-20)11-14-5-10-23-12-14/h5,10,12H,3-4,6-9,11H2,1-2H3. The van der Waals surface area contributed by atoms with Gasteiger partial charge in [-0.3, -0.25) is 9.69 Å². The summed E-state index contributed by atoms with van der Waals surface area (Å²) in [4.78, 5) is 21.3. The molecule has 2 aromatic heterocycles. The molecule has 1 saturated heterocycles. The number of carbonyl (C=O) groups excluding carboxylic acids is 1. The Kier molecular flexibility index (Phi) is 5.13. The van der Waals surface area contributed by atoms with Crippen molar-refractivity contribution in [2.75, 3.05) is 26.2 Å². The summed E-state index contributed by atoms with van der Waals surface area (Å²) in [5.74, 6) is 1.03. The van der Waals surface area contributed by atoms with Crippen LogP contribution in [-0.2, 0) is 13.0 Å². The average molecular weight is 333 g/mol. The van der Waals surface area contributed by atoms with Gasteiger partial charge in [0.2, 0.25) is 5.76 Å². The number of oxazole rings is 1. The van der Waals surface area contributed by atoms with Crippen LogP contribution in [0, 0.1) is 6.92 Å². The van der Waals surface area contributed by atoms with Crippen LogP contribution in [0.25, 0.3) is 0 Å². The van der Waals surface area contributed by atoms with Crippen LogP contribution in [-0.4, -0.2) is 46.9 Å². The summed E-state index contributed by atoms with van der Waals surface area (Å²) in [5, 5.41) is 4.30. The molecule has 0 N–H and O–H groups in total. The third-order valence-electron chi connectivity index (χ3n) is 4.20. The summed E-state index contributed by atoms with van der Waals surface area (Å²) in [6.45, 7) is 8.23. The number of hydrogen-bond donors (Lipinski definition) is 0. The van der Waals surface area contributed by atoms with Crippen molar-refractivity contribution < 1.29 is 9.21 Å². The van der Waals surface area contributed by atoms with E-state index in [4.69, 9.17) is 4.42 Å². The zero-order chi connectivity index (χ0) is 16.2. The maximum absolute atomic E-state index is 12.7. The highest BCUT2D eigenvalue weighted by molar-refractivity contribution is 7.07. The molecule has 0 aliphatic carbocycles. The Morgan fingerprint density at radius 1 is 1.35 bits per heavy atom. The summed E-state index contributed by atoms with van der Waals surface area (Å²) >= 11 is 1.73. The largest absolute Gasteiger partial charge is 0.435 e. The van der Waals surface area contributed by atoms with Gasteiger partial charge < -0.3 is 9.32 Å². The normalized spacial score (nSPS) is 16.5. The Bertz CT molecular complexity index is 651. The predicted molar refractivity (Wildman–Crippen MR) is 90.7 cm³/mol. The van der Waals surface area contributed by atoms with Gasteiger partial charge in [-0.2, -0.15) is 11.3 Å². The minimum Gasteiger partial charge on any atom is -0.435 e. The third kappa shape index (κ3) is 3.82. The monoisotopic (exact) mass is 333 g/mol. The summed E-state index contributed by atoms with van der Waals surface area (Å²) in [6, 6.07) is 2.17. The van der Waals surface area contributed by atoms with Crippen molar-refractivity contribution in [2.24, 2.45) is 0 Å². The molecule has 0 atom stereocenters. The fraction of sp³-hybridized carbons (Fsp3) is 0.529. The molecular formula is C17H23N3O2S. The quantitative estimate of drug-likeness (QED) is 0.863. The molecule has 3 heterocycles. The SMILES string of the molecule is CCc1nc(C)c(C(=O)N2CCCN(Cc3ccsc3)CC2)o1. The molecule has 0 bridgehead atoms. The van der Waals surface area contributed by atoms with E-state index < -0.39 is 0 Å². The molecule has 0 spiro atoms. The molecule has 0 unspecified atom stereocenters. The first-order chi connectivity index (χ1) is 11.2. The molecule has 5 nitrogen and oxygen atoms in total. The topological polar surface area (TPSA) is 49.6 Å². The average Bonchev–Trinajstić information content (AvgIpc) is 3.12. The smallest absolute Gasteiger partial charge is 0.291 e. The van der Waals surface area contributed by atoms with E-state index in [9.17, 15) is 4.79 Å². The minimum atomic E-state index is -0.0212. The summed E-state index contributed by atoms with van der Waals surface area (Å²) in [6.07, 6.45) is 1.70. The molecule has 1 aliphatic heterocycles. The Balaban J connectivity index is 1.62. The van der Waals surface area contributed by atoms with Crippen LogP contribution in [0.3, 0.4) is 0 Å². The highest BCUT2D eigenvalue weighted by atomic mass is 32.1. The van der Waals surface area contributed by atoms with Gasteiger partial charge in [0.25, 0.3) is 5.91 Å². The molecule has 6 heteroatoms. The number of carbonyl (C=O) groups is 1. The number of hydrogen-bond acceptors (Lipinski definition) is 5. The molecule has 0 radical (unpaired) electrons. The highest BCUT2D eigenvalue weighted by Gasteiger charge is 2.25. The lowest BCUT2D eigenvalue weighted by Gasteiger charge is -2.21. The molecule has 1 aliphatic rings. The predicted octanol–water partition coefficient (Wildman–Crippen LogP) is 2.96. The van der Waals surface area contributed by atoms with Crippen molar-refractivity contribution in [1.29, 1.82) is 0 Å². The minimum absolute atomic E-state index is 0.0212. The van der Waals surface area contributed by atoms with Crippen molar-refractivity contribution in [1.82, 2.24) is 14.8 Å². The summed E-state index contributed by atoms with van der Waals surface area (Å²) in [5.41, 5.74) is 2.06. The first kappa shape index (κ1) is 16.2. The van der Waals surface area contributed by atoms with Crippen molar-refractivity contribution >= 4 is 17.2 Å². The van der Waals surface area contributed by atoms with Gasteiger partial charge >= 0.3 is 0 Å². The van der Waals surface area contributed by atoms with E-state index in [0.29, 0.717) is 23.8 Å². The summed E-state index contributed by atoms with van der Waals surface area (Å²) < 4.78 is 5.62. The highest BCUT2D eigenvalue weighted by Crippen LogP contribution is 2.16. The van der Waals surface area contributed by atoms with Crippen LogP contribution >= 0.6 is 11.3 Å². The maximum Gasteiger partial charge on any atom is 0.291 e. The van der Waals surface area contributed by atoms with Crippen molar-refractivity contribution in [2.45, 2.75) is 33.2 Å². The maximum atomic E-state index is 12.7. The van der Waals surface area contributed by atoms with Crippen LogP contribution in [0.4, 0.5) is 0 Å². The number of amides is 1. The van der Waals surface area contributed by atoms with Gasteiger partial charge in [0.1, 0.15) is 0 Å². The van der Waals surface area contributed by atoms with Gasteiger partial charge in [-0.1, -0.05) is 6.92 Å². The van der Waals surface area contributed by atoms with Crippen LogP contribution in [0.2, 0.25) is 0 Å².